The molecule has 1 unspecified atom stereocenters. The van der Waals surface area contributed by atoms with Gasteiger partial charge in [0.1, 0.15) is 6.54 Å². The van der Waals surface area contributed by atoms with Crippen LogP contribution in [0.5, 0.6) is 0 Å². The van der Waals surface area contributed by atoms with E-state index in [9.17, 15) is 22.8 Å². The lowest BCUT2D eigenvalue weighted by atomic mass is 10.2. The van der Waals surface area contributed by atoms with Crippen molar-refractivity contribution in [1.82, 2.24) is 14.5 Å². The van der Waals surface area contributed by atoms with Crippen LogP contribution in [0.15, 0.2) is 0 Å². The van der Waals surface area contributed by atoms with Crippen LogP contribution in [-0.2, 0) is 29.1 Å². The number of carbonyl (C=O) groups excluding carboxylic acids is 2. The molecular weight excluding hydrogens is 366 g/mol. The number of aliphatic carboxylic acids is 1. The summed E-state index contributed by atoms with van der Waals surface area (Å²) in [6, 6.07) is 0. The number of carboxylic acids is 1. The molecule has 10 nitrogen and oxygen atoms in total. The Labute approximate surface area is 153 Å². The van der Waals surface area contributed by atoms with Crippen LogP contribution in [0, 0.1) is 0 Å². The van der Waals surface area contributed by atoms with Gasteiger partial charge in [-0.3, -0.25) is 14.4 Å². The van der Waals surface area contributed by atoms with Crippen molar-refractivity contribution in [1.29, 1.82) is 0 Å². The van der Waals surface area contributed by atoms with Crippen molar-refractivity contribution in [3.05, 3.63) is 0 Å². The number of amides is 2. The number of hydrogen-bond donors (Lipinski definition) is 2. The van der Waals surface area contributed by atoms with E-state index >= 15 is 0 Å². The normalized spacial score (nSPS) is 18.0. The van der Waals surface area contributed by atoms with Crippen molar-refractivity contribution in [3.63, 3.8) is 0 Å². The van der Waals surface area contributed by atoms with Gasteiger partial charge in [-0.1, -0.05) is 0 Å². The van der Waals surface area contributed by atoms with Crippen LogP contribution < -0.4 is 5.32 Å². The second-order valence-electron chi connectivity index (χ2n) is 6.09. The summed E-state index contributed by atoms with van der Waals surface area (Å²) < 4.78 is 29.7. The lowest BCUT2D eigenvalue weighted by molar-refractivity contribution is -0.141. The first-order valence-corrected chi connectivity index (χ1v) is 10.3. The average molecular weight is 393 g/mol. The quantitative estimate of drug-likeness (QED) is 0.479. The zero-order valence-electron chi connectivity index (χ0n) is 15.1. The second-order valence-corrected chi connectivity index (χ2v) is 8.07. The Morgan fingerprint density at radius 1 is 1.31 bits per heavy atom. The third-order valence-corrected chi connectivity index (χ3v) is 5.06. The highest BCUT2D eigenvalue weighted by Crippen LogP contribution is 2.12. The van der Waals surface area contributed by atoms with Gasteiger partial charge in [0, 0.05) is 39.0 Å². The highest BCUT2D eigenvalue weighted by Gasteiger charge is 2.29. The van der Waals surface area contributed by atoms with Crippen molar-refractivity contribution in [3.8, 4) is 0 Å². The Kier molecular flexibility index (Phi) is 8.96. The van der Waals surface area contributed by atoms with Gasteiger partial charge in [-0.15, -0.1) is 0 Å². The largest absolute Gasteiger partial charge is 0.480 e. The van der Waals surface area contributed by atoms with Crippen LogP contribution in [0.4, 0.5) is 0 Å². The molecule has 0 spiro atoms. The maximum atomic E-state index is 12.3. The summed E-state index contributed by atoms with van der Waals surface area (Å²) >= 11 is 0. The fourth-order valence-electron chi connectivity index (χ4n) is 2.60. The molecule has 1 aliphatic rings. The van der Waals surface area contributed by atoms with Gasteiger partial charge < -0.3 is 20.1 Å². The minimum Gasteiger partial charge on any atom is -0.480 e. The molecule has 0 radical (unpaired) electrons. The molecule has 0 bridgehead atoms. The van der Waals surface area contributed by atoms with Gasteiger partial charge in [0.15, 0.2) is 0 Å². The van der Waals surface area contributed by atoms with Gasteiger partial charge in [-0.05, 0) is 13.3 Å². The SMILES string of the molecule is CCNC(=O)CCCC(=O)N1CCOC(CN(CC(=O)O)S(C)(=O)=O)C1. The first kappa shape index (κ1) is 22.3. The summed E-state index contributed by atoms with van der Waals surface area (Å²) in [5.41, 5.74) is 0. The minimum atomic E-state index is -3.70. The fourth-order valence-corrected chi connectivity index (χ4v) is 3.38. The first-order valence-electron chi connectivity index (χ1n) is 8.46. The molecule has 1 saturated heterocycles. The van der Waals surface area contributed by atoms with Gasteiger partial charge in [0.25, 0.3) is 0 Å². The third-order valence-electron chi connectivity index (χ3n) is 3.85. The molecule has 1 aliphatic heterocycles. The summed E-state index contributed by atoms with van der Waals surface area (Å²) in [4.78, 5) is 36.1. The Morgan fingerprint density at radius 3 is 2.58 bits per heavy atom. The molecule has 11 heteroatoms. The topological polar surface area (TPSA) is 133 Å². The lowest BCUT2D eigenvalue weighted by Crippen LogP contribution is -2.51. The molecule has 1 heterocycles. The number of morpholine rings is 1. The Hall–Kier alpha value is -1.72. The Bertz CT molecular complexity index is 608. The second kappa shape index (κ2) is 10.4. The van der Waals surface area contributed by atoms with E-state index in [1.54, 1.807) is 4.90 Å². The van der Waals surface area contributed by atoms with Crippen LogP contribution in [-0.4, -0.2) is 92.2 Å². The summed E-state index contributed by atoms with van der Waals surface area (Å²) in [7, 11) is -3.70. The lowest BCUT2D eigenvalue weighted by Gasteiger charge is -2.35. The molecule has 2 N–H and O–H groups in total. The van der Waals surface area contributed by atoms with E-state index in [4.69, 9.17) is 9.84 Å². The summed E-state index contributed by atoms with van der Waals surface area (Å²) in [5.74, 6) is -1.49. The Balaban J connectivity index is 2.53. The van der Waals surface area contributed by atoms with Crippen LogP contribution in [0.3, 0.4) is 0 Å². The van der Waals surface area contributed by atoms with E-state index in [-0.39, 0.29) is 44.4 Å². The molecule has 0 saturated carbocycles. The molecule has 0 aliphatic carbocycles. The van der Waals surface area contributed by atoms with Gasteiger partial charge in [-0.2, -0.15) is 4.31 Å². The van der Waals surface area contributed by atoms with Crippen molar-refractivity contribution in [2.24, 2.45) is 0 Å². The van der Waals surface area contributed by atoms with Crippen LogP contribution in [0.25, 0.3) is 0 Å². The molecule has 1 rings (SSSR count). The van der Waals surface area contributed by atoms with E-state index in [1.165, 1.54) is 0 Å². The molecule has 1 fully saturated rings. The van der Waals surface area contributed by atoms with Crippen LogP contribution in [0.1, 0.15) is 26.2 Å². The molecule has 150 valence electrons. The number of hydrogen-bond acceptors (Lipinski definition) is 6. The van der Waals surface area contributed by atoms with E-state index < -0.39 is 28.6 Å². The average Bonchev–Trinajstić information content (AvgIpc) is 2.53. The number of ether oxygens (including phenoxy) is 1. The maximum Gasteiger partial charge on any atom is 0.318 e. The molecular formula is C15H27N3O7S. The van der Waals surface area contributed by atoms with E-state index in [0.29, 0.717) is 19.5 Å². The van der Waals surface area contributed by atoms with Gasteiger partial charge >= 0.3 is 5.97 Å². The zero-order chi connectivity index (χ0) is 19.7. The minimum absolute atomic E-state index is 0.0994. The molecule has 0 aromatic rings. The van der Waals surface area contributed by atoms with Crippen molar-refractivity contribution < 1.29 is 32.6 Å². The van der Waals surface area contributed by atoms with Crippen molar-refractivity contribution in [2.45, 2.75) is 32.3 Å². The molecule has 0 aromatic heterocycles. The number of sulfonamides is 1. The van der Waals surface area contributed by atoms with Crippen LogP contribution in [0.2, 0.25) is 0 Å². The number of nitrogens with zero attached hydrogens (tertiary/aromatic N) is 2. The summed E-state index contributed by atoms with van der Waals surface area (Å²) in [5, 5.41) is 11.5. The maximum absolute atomic E-state index is 12.3. The van der Waals surface area contributed by atoms with Crippen molar-refractivity contribution in [2.75, 3.05) is 45.6 Å². The smallest absolute Gasteiger partial charge is 0.318 e. The predicted molar refractivity (Wildman–Crippen MR) is 92.9 cm³/mol. The molecule has 0 aromatic carbocycles. The monoisotopic (exact) mass is 393 g/mol. The number of nitrogens with one attached hydrogen (secondary N) is 1. The number of carboxylic acid groups (broad SMARTS) is 1. The van der Waals surface area contributed by atoms with Crippen LogP contribution >= 0.6 is 0 Å². The Morgan fingerprint density at radius 2 is 2.00 bits per heavy atom. The third kappa shape index (κ3) is 8.11. The molecule has 1 atom stereocenters. The van der Waals surface area contributed by atoms with Gasteiger partial charge in [0.05, 0.1) is 19.0 Å². The molecule has 26 heavy (non-hydrogen) atoms. The standard InChI is InChI=1S/C15H27N3O7S/c1-3-16-13(19)5-4-6-14(20)17-7-8-25-12(9-17)10-18(11-15(21)22)26(2,23)24/h12H,3-11H2,1-2H3,(H,16,19)(H,21,22). The van der Waals surface area contributed by atoms with E-state index in [0.717, 1.165) is 10.6 Å². The zero-order valence-corrected chi connectivity index (χ0v) is 16.0. The van der Waals surface area contributed by atoms with E-state index in [1.807, 2.05) is 6.92 Å². The highest BCUT2D eigenvalue weighted by molar-refractivity contribution is 7.88. The number of rotatable bonds is 10. The molecule has 2 amide bonds. The highest BCUT2D eigenvalue weighted by atomic mass is 32.2. The predicted octanol–water partition coefficient (Wildman–Crippen LogP) is -1.13. The van der Waals surface area contributed by atoms with Gasteiger partial charge in [-0.25, -0.2) is 8.42 Å². The number of carbonyl (C=O) groups is 3. The summed E-state index contributed by atoms with van der Waals surface area (Å²) in [6.45, 7) is 2.40. The summed E-state index contributed by atoms with van der Waals surface area (Å²) in [6.07, 6.45) is 1.26. The first-order chi connectivity index (χ1) is 12.1. The van der Waals surface area contributed by atoms with E-state index in [2.05, 4.69) is 5.32 Å². The van der Waals surface area contributed by atoms with Gasteiger partial charge in [0.2, 0.25) is 21.8 Å². The fraction of sp³-hybridized carbons (Fsp3) is 0.800. The van der Waals surface area contributed by atoms with Crippen molar-refractivity contribution >= 4 is 27.8 Å².